The molecule has 0 bridgehead atoms. The Morgan fingerprint density at radius 3 is 2.67 bits per heavy atom. The van der Waals surface area contributed by atoms with Crippen molar-refractivity contribution in [3.05, 3.63) is 59.1 Å². The van der Waals surface area contributed by atoms with Crippen LogP contribution in [0.4, 0.5) is 0 Å². The van der Waals surface area contributed by atoms with Gasteiger partial charge in [-0.15, -0.1) is 0 Å². The first-order valence-corrected chi connectivity index (χ1v) is 7.56. The van der Waals surface area contributed by atoms with Crippen molar-refractivity contribution in [2.75, 3.05) is 13.1 Å². The summed E-state index contributed by atoms with van der Waals surface area (Å²) in [7, 11) is 0. The SMILES string of the molecule is O[C@@H](CN1CCCC1c1ncccn1)c1ccc(Cl)cc1. The third-order valence-corrected chi connectivity index (χ3v) is 4.16. The van der Waals surface area contributed by atoms with Gasteiger partial charge in [0, 0.05) is 24.0 Å². The number of hydrogen-bond acceptors (Lipinski definition) is 4. The molecule has 2 atom stereocenters. The number of hydrogen-bond donors (Lipinski definition) is 1. The van der Waals surface area contributed by atoms with Crippen molar-refractivity contribution in [1.82, 2.24) is 14.9 Å². The summed E-state index contributed by atoms with van der Waals surface area (Å²) in [5.41, 5.74) is 0.888. The number of aliphatic hydroxyl groups excluding tert-OH is 1. The Morgan fingerprint density at radius 2 is 1.95 bits per heavy atom. The predicted molar refractivity (Wildman–Crippen MR) is 82.0 cm³/mol. The van der Waals surface area contributed by atoms with E-state index in [9.17, 15) is 5.11 Å². The standard InChI is InChI=1S/C16H18ClN3O/c17-13-6-4-12(5-7-13)15(21)11-20-10-1-3-14(20)16-18-8-2-9-19-16/h2,4-9,14-15,21H,1,3,10-11H2/t14?,15-/m0/s1. The van der Waals surface area contributed by atoms with Crippen molar-refractivity contribution in [2.45, 2.75) is 25.0 Å². The maximum Gasteiger partial charge on any atom is 0.145 e. The smallest absolute Gasteiger partial charge is 0.145 e. The Bertz CT molecular complexity index is 576. The van der Waals surface area contributed by atoms with E-state index in [2.05, 4.69) is 14.9 Å². The van der Waals surface area contributed by atoms with Gasteiger partial charge in [0.25, 0.3) is 0 Å². The van der Waals surface area contributed by atoms with Gasteiger partial charge in [-0.25, -0.2) is 9.97 Å². The van der Waals surface area contributed by atoms with Gasteiger partial charge >= 0.3 is 0 Å². The molecule has 0 amide bonds. The van der Waals surface area contributed by atoms with Gasteiger partial charge in [0.05, 0.1) is 12.1 Å². The van der Waals surface area contributed by atoms with E-state index in [1.807, 2.05) is 30.3 Å². The number of rotatable bonds is 4. The van der Waals surface area contributed by atoms with Crippen LogP contribution in [0.15, 0.2) is 42.7 Å². The van der Waals surface area contributed by atoms with Crippen LogP contribution in [-0.4, -0.2) is 33.1 Å². The minimum atomic E-state index is -0.522. The van der Waals surface area contributed by atoms with Gasteiger partial charge in [0.15, 0.2) is 0 Å². The summed E-state index contributed by atoms with van der Waals surface area (Å²) in [6.07, 6.45) is 5.17. The highest BCUT2D eigenvalue weighted by Crippen LogP contribution is 2.31. The number of likely N-dealkylation sites (tertiary alicyclic amines) is 1. The van der Waals surface area contributed by atoms with E-state index in [1.165, 1.54) is 0 Å². The minimum absolute atomic E-state index is 0.202. The minimum Gasteiger partial charge on any atom is -0.387 e. The molecule has 1 fully saturated rings. The van der Waals surface area contributed by atoms with Crippen LogP contribution < -0.4 is 0 Å². The van der Waals surface area contributed by atoms with Gasteiger partial charge in [0.1, 0.15) is 5.82 Å². The van der Waals surface area contributed by atoms with Crippen LogP contribution in [0.1, 0.15) is 36.4 Å². The van der Waals surface area contributed by atoms with Crippen LogP contribution in [0.3, 0.4) is 0 Å². The molecule has 1 aromatic heterocycles. The fourth-order valence-electron chi connectivity index (χ4n) is 2.83. The zero-order chi connectivity index (χ0) is 14.7. The Kier molecular flexibility index (Phi) is 4.48. The second-order valence-corrected chi connectivity index (χ2v) is 5.76. The lowest BCUT2D eigenvalue weighted by Crippen LogP contribution is -2.29. The van der Waals surface area contributed by atoms with E-state index in [1.54, 1.807) is 12.4 Å². The number of nitrogens with zero attached hydrogens (tertiary/aromatic N) is 3. The molecular formula is C16H18ClN3O. The van der Waals surface area contributed by atoms with E-state index < -0.39 is 6.10 Å². The molecule has 5 heteroatoms. The summed E-state index contributed by atoms with van der Waals surface area (Å²) >= 11 is 5.88. The van der Waals surface area contributed by atoms with Crippen LogP contribution in [0.25, 0.3) is 0 Å². The Labute approximate surface area is 129 Å². The lowest BCUT2D eigenvalue weighted by atomic mass is 10.1. The van der Waals surface area contributed by atoms with Crippen molar-refractivity contribution < 1.29 is 5.11 Å². The molecule has 4 nitrogen and oxygen atoms in total. The van der Waals surface area contributed by atoms with Crippen molar-refractivity contribution in [1.29, 1.82) is 0 Å². The first kappa shape index (κ1) is 14.4. The highest BCUT2D eigenvalue weighted by molar-refractivity contribution is 6.30. The topological polar surface area (TPSA) is 49.2 Å². The van der Waals surface area contributed by atoms with E-state index >= 15 is 0 Å². The van der Waals surface area contributed by atoms with E-state index in [-0.39, 0.29) is 6.04 Å². The first-order chi connectivity index (χ1) is 10.2. The molecule has 1 aliphatic rings. The molecule has 21 heavy (non-hydrogen) atoms. The van der Waals surface area contributed by atoms with E-state index in [0.717, 1.165) is 30.8 Å². The van der Waals surface area contributed by atoms with Gasteiger partial charge in [-0.3, -0.25) is 4.90 Å². The Morgan fingerprint density at radius 1 is 1.24 bits per heavy atom. The molecule has 0 saturated carbocycles. The van der Waals surface area contributed by atoms with Crippen molar-refractivity contribution in [3.63, 3.8) is 0 Å². The molecule has 1 aromatic carbocycles. The molecule has 1 aliphatic heterocycles. The second-order valence-electron chi connectivity index (χ2n) is 5.33. The molecule has 3 rings (SSSR count). The third kappa shape index (κ3) is 3.40. The summed E-state index contributed by atoms with van der Waals surface area (Å²) in [6.45, 7) is 1.55. The maximum absolute atomic E-state index is 10.4. The number of halogens is 1. The summed E-state index contributed by atoms with van der Waals surface area (Å²) < 4.78 is 0. The first-order valence-electron chi connectivity index (χ1n) is 7.18. The number of aromatic nitrogens is 2. The quantitative estimate of drug-likeness (QED) is 0.943. The fourth-order valence-corrected chi connectivity index (χ4v) is 2.96. The molecule has 2 aromatic rings. The van der Waals surface area contributed by atoms with Crippen molar-refractivity contribution >= 4 is 11.6 Å². The molecular weight excluding hydrogens is 286 g/mol. The largest absolute Gasteiger partial charge is 0.387 e. The molecule has 0 aliphatic carbocycles. The fraction of sp³-hybridized carbons (Fsp3) is 0.375. The van der Waals surface area contributed by atoms with Crippen molar-refractivity contribution in [2.24, 2.45) is 0 Å². The van der Waals surface area contributed by atoms with Crippen LogP contribution in [0.5, 0.6) is 0 Å². The molecule has 0 radical (unpaired) electrons. The second kappa shape index (κ2) is 6.52. The lowest BCUT2D eigenvalue weighted by molar-refractivity contribution is 0.104. The van der Waals surface area contributed by atoms with Gasteiger partial charge in [-0.2, -0.15) is 0 Å². The van der Waals surface area contributed by atoms with Crippen LogP contribution in [0, 0.1) is 0 Å². The lowest BCUT2D eigenvalue weighted by Gasteiger charge is -2.25. The normalized spacial score (nSPS) is 20.6. The van der Waals surface area contributed by atoms with Gasteiger partial charge in [-0.1, -0.05) is 23.7 Å². The molecule has 0 spiro atoms. The van der Waals surface area contributed by atoms with Crippen LogP contribution in [0.2, 0.25) is 5.02 Å². The molecule has 110 valence electrons. The third-order valence-electron chi connectivity index (χ3n) is 3.91. The summed E-state index contributed by atoms with van der Waals surface area (Å²) in [4.78, 5) is 11.0. The highest BCUT2D eigenvalue weighted by atomic mass is 35.5. The highest BCUT2D eigenvalue weighted by Gasteiger charge is 2.29. The number of β-amino-alcohol motifs (C(OH)–C–C–N with tert-alkyl or cyclic N) is 1. The molecule has 2 heterocycles. The van der Waals surface area contributed by atoms with Gasteiger partial charge in [-0.05, 0) is 43.1 Å². The molecule has 1 unspecified atom stereocenters. The van der Waals surface area contributed by atoms with Gasteiger partial charge < -0.3 is 5.11 Å². The van der Waals surface area contributed by atoms with Gasteiger partial charge in [0.2, 0.25) is 0 Å². The number of benzene rings is 1. The van der Waals surface area contributed by atoms with E-state index in [4.69, 9.17) is 11.6 Å². The van der Waals surface area contributed by atoms with E-state index in [0.29, 0.717) is 11.6 Å². The average Bonchev–Trinajstić information content (AvgIpc) is 2.97. The zero-order valence-electron chi connectivity index (χ0n) is 11.7. The Hall–Kier alpha value is -1.49. The van der Waals surface area contributed by atoms with Crippen LogP contribution >= 0.6 is 11.6 Å². The molecule has 1 N–H and O–H groups in total. The zero-order valence-corrected chi connectivity index (χ0v) is 12.4. The monoisotopic (exact) mass is 303 g/mol. The Balaban J connectivity index is 1.70. The van der Waals surface area contributed by atoms with Crippen molar-refractivity contribution in [3.8, 4) is 0 Å². The summed E-state index contributed by atoms with van der Waals surface area (Å²) in [6, 6.07) is 9.39. The summed E-state index contributed by atoms with van der Waals surface area (Å²) in [5.74, 6) is 0.846. The number of aliphatic hydroxyl groups is 1. The predicted octanol–water partition coefficient (Wildman–Crippen LogP) is 3.00. The summed E-state index contributed by atoms with van der Waals surface area (Å²) in [5, 5.41) is 11.1. The van der Waals surface area contributed by atoms with Crippen LogP contribution in [-0.2, 0) is 0 Å². The average molecular weight is 304 g/mol. The molecule has 1 saturated heterocycles. The maximum atomic E-state index is 10.4.